The van der Waals surface area contributed by atoms with Crippen LogP contribution in [-0.4, -0.2) is 55.2 Å². The molecule has 8 heteroatoms. The Hall–Kier alpha value is -1.64. The quantitative estimate of drug-likeness (QED) is 0.803. The molecule has 1 aromatic carbocycles. The lowest BCUT2D eigenvalue weighted by molar-refractivity contribution is 0.0696. The molecule has 0 bridgehead atoms. The minimum atomic E-state index is -3.94. The molecule has 0 aliphatic carbocycles. The summed E-state index contributed by atoms with van der Waals surface area (Å²) in [6.07, 6.45) is 0. The van der Waals surface area contributed by atoms with E-state index in [-0.39, 0.29) is 22.8 Å². The molecular weight excluding hydrogens is 298 g/mol. The first-order valence-corrected chi connectivity index (χ1v) is 7.53. The first kappa shape index (κ1) is 17.4. The van der Waals surface area contributed by atoms with E-state index in [2.05, 4.69) is 0 Å². The molecule has 0 unspecified atom stereocenters. The van der Waals surface area contributed by atoms with Crippen LogP contribution in [0.1, 0.15) is 24.2 Å². The van der Waals surface area contributed by atoms with Gasteiger partial charge in [0.05, 0.1) is 24.8 Å². The highest BCUT2D eigenvalue weighted by molar-refractivity contribution is 7.89. The Morgan fingerprint density at radius 2 is 1.95 bits per heavy atom. The fourth-order valence-corrected chi connectivity index (χ4v) is 3.23. The average Bonchev–Trinajstić information content (AvgIpc) is 2.45. The smallest absolute Gasteiger partial charge is 0.335 e. The van der Waals surface area contributed by atoms with Gasteiger partial charge in [-0.15, -0.1) is 0 Å². The summed E-state index contributed by atoms with van der Waals surface area (Å²) in [5.41, 5.74) is -1.08. The third-order valence-corrected chi connectivity index (χ3v) is 5.40. The average molecular weight is 317 g/mol. The van der Waals surface area contributed by atoms with Crippen molar-refractivity contribution in [2.75, 3.05) is 20.8 Å². The number of rotatable bonds is 6. The Morgan fingerprint density at radius 3 is 2.38 bits per heavy atom. The molecule has 0 aliphatic rings. The Labute approximate surface area is 123 Å². The Balaban J connectivity index is 3.42. The van der Waals surface area contributed by atoms with E-state index in [4.69, 9.17) is 9.84 Å². The first-order valence-electron chi connectivity index (χ1n) is 6.09. The van der Waals surface area contributed by atoms with Crippen LogP contribution in [0.5, 0.6) is 5.75 Å². The van der Waals surface area contributed by atoms with Gasteiger partial charge in [-0.2, -0.15) is 4.31 Å². The Kier molecular flexibility index (Phi) is 4.98. The van der Waals surface area contributed by atoms with Crippen molar-refractivity contribution < 1.29 is 28.2 Å². The van der Waals surface area contributed by atoms with Crippen molar-refractivity contribution in [3.63, 3.8) is 0 Å². The monoisotopic (exact) mass is 317 g/mol. The number of likely N-dealkylation sites (N-methyl/N-ethyl adjacent to an activating group) is 1. The van der Waals surface area contributed by atoms with Crippen molar-refractivity contribution in [1.29, 1.82) is 0 Å². The standard InChI is InChI=1S/C13H19NO6S/c1-13(2,8-15)14(3)21(18,19)11-6-5-9(12(16)17)7-10(11)20-4/h5-7,15H,8H2,1-4H3,(H,16,17). The van der Waals surface area contributed by atoms with E-state index in [1.54, 1.807) is 13.8 Å². The summed E-state index contributed by atoms with van der Waals surface area (Å²) in [7, 11) is -1.33. The molecule has 0 saturated heterocycles. The number of aliphatic hydroxyl groups excluding tert-OH is 1. The zero-order valence-electron chi connectivity index (χ0n) is 12.3. The van der Waals surface area contributed by atoms with E-state index < -0.39 is 21.5 Å². The number of ether oxygens (including phenoxy) is 1. The summed E-state index contributed by atoms with van der Waals surface area (Å²) in [6.45, 7) is 2.78. The predicted octanol–water partition coefficient (Wildman–Crippen LogP) is 0.785. The highest BCUT2D eigenvalue weighted by atomic mass is 32.2. The molecule has 0 amide bonds. The Morgan fingerprint density at radius 1 is 1.38 bits per heavy atom. The number of methoxy groups -OCH3 is 1. The number of benzene rings is 1. The van der Waals surface area contributed by atoms with E-state index >= 15 is 0 Å². The van der Waals surface area contributed by atoms with Crippen LogP contribution in [0, 0.1) is 0 Å². The number of carboxylic acid groups (broad SMARTS) is 1. The van der Waals surface area contributed by atoms with Crippen LogP contribution in [0.25, 0.3) is 0 Å². The molecule has 0 radical (unpaired) electrons. The molecule has 0 saturated carbocycles. The number of carboxylic acids is 1. The highest BCUT2D eigenvalue weighted by Gasteiger charge is 2.35. The maximum Gasteiger partial charge on any atom is 0.335 e. The molecule has 1 aromatic rings. The normalized spacial score (nSPS) is 12.5. The predicted molar refractivity (Wildman–Crippen MR) is 76.1 cm³/mol. The fraction of sp³-hybridized carbons (Fsp3) is 0.462. The summed E-state index contributed by atoms with van der Waals surface area (Å²) in [6, 6.07) is 3.52. The summed E-state index contributed by atoms with van der Waals surface area (Å²) in [4.78, 5) is 10.8. The molecule has 0 aromatic heterocycles. The molecule has 0 heterocycles. The van der Waals surface area contributed by atoms with Crippen LogP contribution in [0.15, 0.2) is 23.1 Å². The fourth-order valence-electron chi connectivity index (χ4n) is 1.59. The van der Waals surface area contributed by atoms with Gasteiger partial charge in [0.15, 0.2) is 0 Å². The second kappa shape index (κ2) is 6.00. The molecule has 0 atom stereocenters. The second-order valence-electron chi connectivity index (χ2n) is 5.11. The molecule has 1 rings (SSSR count). The van der Waals surface area contributed by atoms with Crippen LogP contribution in [0.4, 0.5) is 0 Å². The van der Waals surface area contributed by atoms with Gasteiger partial charge in [0, 0.05) is 7.05 Å². The van der Waals surface area contributed by atoms with Gasteiger partial charge in [0.25, 0.3) is 0 Å². The van der Waals surface area contributed by atoms with Gasteiger partial charge >= 0.3 is 5.97 Å². The third-order valence-electron chi connectivity index (χ3n) is 3.29. The van der Waals surface area contributed by atoms with Gasteiger partial charge in [-0.3, -0.25) is 0 Å². The van der Waals surface area contributed by atoms with Crippen molar-refractivity contribution in [3.8, 4) is 5.75 Å². The third kappa shape index (κ3) is 3.34. The SMILES string of the molecule is COc1cc(C(=O)O)ccc1S(=O)(=O)N(C)C(C)(C)CO. The number of sulfonamides is 1. The van der Waals surface area contributed by atoms with Crippen LogP contribution in [0.3, 0.4) is 0 Å². The summed E-state index contributed by atoms with van der Waals surface area (Å²) >= 11 is 0. The van der Waals surface area contributed by atoms with Gasteiger partial charge in [0.2, 0.25) is 10.0 Å². The lowest BCUT2D eigenvalue weighted by atomic mass is 10.1. The number of aliphatic hydroxyl groups is 1. The lowest BCUT2D eigenvalue weighted by Gasteiger charge is -2.33. The molecule has 2 N–H and O–H groups in total. The maximum absolute atomic E-state index is 12.6. The van der Waals surface area contributed by atoms with Gasteiger partial charge in [-0.1, -0.05) is 0 Å². The number of carbonyl (C=O) groups is 1. The molecule has 0 aliphatic heterocycles. The second-order valence-corrected chi connectivity index (χ2v) is 7.05. The topological polar surface area (TPSA) is 104 Å². The van der Waals surface area contributed by atoms with Gasteiger partial charge in [0.1, 0.15) is 10.6 Å². The lowest BCUT2D eigenvalue weighted by Crippen LogP contribution is -2.47. The minimum Gasteiger partial charge on any atom is -0.495 e. The van der Waals surface area contributed by atoms with Crippen LogP contribution in [-0.2, 0) is 10.0 Å². The number of aromatic carboxylic acids is 1. The van der Waals surface area contributed by atoms with Crippen molar-refractivity contribution >= 4 is 16.0 Å². The molecular formula is C13H19NO6S. The van der Waals surface area contributed by atoms with Gasteiger partial charge in [-0.25, -0.2) is 13.2 Å². The van der Waals surface area contributed by atoms with Gasteiger partial charge < -0.3 is 14.9 Å². The summed E-state index contributed by atoms with van der Waals surface area (Å²) < 4.78 is 31.2. The van der Waals surface area contributed by atoms with Crippen LogP contribution in [0.2, 0.25) is 0 Å². The van der Waals surface area contributed by atoms with Crippen LogP contribution < -0.4 is 4.74 Å². The van der Waals surface area contributed by atoms with Crippen molar-refractivity contribution in [1.82, 2.24) is 4.31 Å². The first-order chi connectivity index (χ1) is 9.57. The molecule has 7 nitrogen and oxygen atoms in total. The van der Waals surface area contributed by atoms with E-state index in [1.807, 2.05) is 0 Å². The largest absolute Gasteiger partial charge is 0.495 e. The van der Waals surface area contributed by atoms with Crippen molar-refractivity contribution in [2.24, 2.45) is 0 Å². The van der Waals surface area contributed by atoms with Crippen molar-refractivity contribution in [2.45, 2.75) is 24.3 Å². The van der Waals surface area contributed by atoms with E-state index in [1.165, 1.54) is 26.3 Å². The number of hydrogen-bond acceptors (Lipinski definition) is 5. The molecule has 118 valence electrons. The minimum absolute atomic E-state index is 0.0597. The number of hydrogen-bond donors (Lipinski definition) is 2. The van der Waals surface area contributed by atoms with Crippen LogP contribution >= 0.6 is 0 Å². The van der Waals surface area contributed by atoms with E-state index in [0.29, 0.717) is 0 Å². The summed E-state index contributed by atoms with van der Waals surface area (Å²) in [5, 5.41) is 18.2. The zero-order chi connectivity index (χ0) is 16.4. The number of nitrogens with zero attached hydrogens (tertiary/aromatic N) is 1. The Bertz CT molecular complexity index is 638. The maximum atomic E-state index is 12.6. The van der Waals surface area contributed by atoms with Gasteiger partial charge in [-0.05, 0) is 32.0 Å². The van der Waals surface area contributed by atoms with E-state index in [9.17, 15) is 18.3 Å². The zero-order valence-corrected chi connectivity index (χ0v) is 13.1. The molecule has 21 heavy (non-hydrogen) atoms. The van der Waals surface area contributed by atoms with E-state index in [0.717, 1.165) is 10.4 Å². The molecule has 0 fully saturated rings. The molecule has 0 spiro atoms. The summed E-state index contributed by atoms with van der Waals surface area (Å²) in [5.74, 6) is -1.24. The van der Waals surface area contributed by atoms with Crippen molar-refractivity contribution in [3.05, 3.63) is 23.8 Å². The highest BCUT2D eigenvalue weighted by Crippen LogP contribution is 2.30.